The lowest BCUT2D eigenvalue weighted by atomic mass is 9.78. The molecule has 19 heavy (non-hydrogen) atoms. The van der Waals surface area contributed by atoms with Gasteiger partial charge in [-0.15, -0.1) is 0 Å². The zero-order valence-electron chi connectivity index (χ0n) is 12.5. The summed E-state index contributed by atoms with van der Waals surface area (Å²) < 4.78 is 0. The molecule has 3 N–H and O–H groups in total. The van der Waals surface area contributed by atoms with E-state index in [-0.39, 0.29) is 5.92 Å². The van der Waals surface area contributed by atoms with E-state index in [2.05, 4.69) is 19.2 Å². The molecule has 0 radical (unpaired) electrons. The van der Waals surface area contributed by atoms with Gasteiger partial charge in [0, 0.05) is 18.0 Å². The van der Waals surface area contributed by atoms with Gasteiger partial charge in [0.05, 0.1) is 0 Å². The SMILES string of the molecule is CCC1CCCC(NC(=O)C2CCC(N)C(C)C2)C1. The standard InChI is InChI=1S/C16H30N2O/c1-3-12-5-4-6-14(10-12)18-16(19)13-7-8-15(17)11(2)9-13/h11-15H,3-10,17H2,1-2H3,(H,18,19). The number of nitrogens with one attached hydrogen (secondary N) is 1. The van der Waals surface area contributed by atoms with Crippen LogP contribution >= 0.6 is 0 Å². The molecule has 2 aliphatic rings. The Kier molecular flexibility index (Phi) is 5.26. The maximum Gasteiger partial charge on any atom is 0.223 e. The molecule has 2 aliphatic carbocycles. The van der Waals surface area contributed by atoms with Crippen LogP contribution in [0.25, 0.3) is 0 Å². The molecule has 1 amide bonds. The molecule has 0 saturated heterocycles. The first-order valence-electron chi connectivity index (χ1n) is 8.16. The van der Waals surface area contributed by atoms with Gasteiger partial charge in [-0.25, -0.2) is 0 Å². The van der Waals surface area contributed by atoms with E-state index in [1.165, 1.54) is 32.1 Å². The molecule has 0 bridgehead atoms. The van der Waals surface area contributed by atoms with Crippen molar-refractivity contribution >= 4 is 5.91 Å². The predicted molar refractivity (Wildman–Crippen MR) is 78.7 cm³/mol. The molecule has 0 aromatic heterocycles. The van der Waals surface area contributed by atoms with Crippen molar-refractivity contribution in [2.45, 2.75) is 77.3 Å². The van der Waals surface area contributed by atoms with Gasteiger partial charge in [-0.3, -0.25) is 4.79 Å². The van der Waals surface area contributed by atoms with E-state index in [0.29, 0.717) is 23.9 Å². The normalized spacial score (nSPS) is 39.8. The largest absolute Gasteiger partial charge is 0.353 e. The fraction of sp³-hybridized carbons (Fsp3) is 0.938. The zero-order valence-corrected chi connectivity index (χ0v) is 12.5. The van der Waals surface area contributed by atoms with Crippen LogP contribution in [-0.2, 0) is 4.79 Å². The molecular weight excluding hydrogens is 236 g/mol. The number of rotatable bonds is 3. The number of carbonyl (C=O) groups is 1. The molecular formula is C16H30N2O. The Morgan fingerprint density at radius 3 is 2.68 bits per heavy atom. The number of carbonyl (C=O) groups excluding carboxylic acids is 1. The third-order valence-corrected chi connectivity index (χ3v) is 5.31. The second-order valence-corrected chi connectivity index (χ2v) is 6.80. The predicted octanol–water partition coefficient (Wildman–Crippen LogP) is 2.83. The van der Waals surface area contributed by atoms with Crippen LogP contribution in [0.5, 0.6) is 0 Å². The molecule has 0 aromatic carbocycles. The van der Waals surface area contributed by atoms with Crippen molar-refractivity contribution in [3.63, 3.8) is 0 Å². The van der Waals surface area contributed by atoms with Crippen molar-refractivity contribution in [2.24, 2.45) is 23.5 Å². The molecule has 3 nitrogen and oxygen atoms in total. The number of nitrogens with two attached hydrogens (primary N) is 1. The fourth-order valence-electron chi connectivity index (χ4n) is 3.77. The van der Waals surface area contributed by atoms with E-state index in [1.54, 1.807) is 0 Å². The average Bonchev–Trinajstić information content (AvgIpc) is 2.42. The first-order chi connectivity index (χ1) is 9.10. The zero-order chi connectivity index (χ0) is 13.8. The highest BCUT2D eigenvalue weighted by atomic mass is 16.1. The summed E-state index contributed by atoms with van der Waals surface area (Å²) in [5, 5.41) is 3.31. The Morgan fingerprint density at radius 1 is 1.21 bits per heavy atom. The molecule has 2 saturated carbocycles. The molecule has 0 aromatic rings. The molecule has 3 heteroatoms. The van der Waals surface area contributed by atoms with E-state index < -0.39 is 0 Å². The Hall–Kier alpha value is -0.570. The average molecular weight is 266 g/mol. The lowest BCUT2D eigenvalue weighted by molar-refractivity contribution is -0.127. The van der Waals surface area contributed by atoms with Gasteiger partial charge in [-0.1, -0.05) is 33.1 Å². The first-order valence-corrected chi connectivity index (χ1v) is 8.16. The third-order valence-electron chi connectivity index (χ3n) is 5.31. The van der Waals surface area contributed by atoms with Gasteiger partial charge in [0.25, 0.3) is 0 Å². The lowest BCUT2D eigenvalue weighted by Gasteiger charge is -2.34. The smallest absolute Gasteiger partial charge is 0.223 e. The summed E-state index contributed by atoms with van der Waals surface area (Å²) >= 11 is 0. The van der Waals surface area contributed by atoms with Gasteiger partial charge >= 0.3 is 0 Å². The molecule has 110 valence electrons. The van der Waals surface area contributed by atoms with Crippen LogP contribution < -0.4 is 11.1 Å². The summed E-state index contributed by atoms with van der Waals surface area (Å²) in [6.07, 6.45) is 9.17. The minimum Gasteiger partial charge on any atom is -0.353 e. The summed E-state index contributed by atoms with van der Waals surface area (Å²) in [5.41, 5.74) is 6.03. The van der Waals surface area contributed by atoms with Crippen molar-refractivity contribution in [2.75, 3.05) is 0 Å². The van der Waals surface area contributed by atoms with Gasteiger partial charge in [0.1, 0.15) is 0 Å². The number of hydrogen-bond donors (Lipinski definition) is 2. The molecule has 0 spiro atoms. The summed E-state index contributed by atoms with van der Waals surface area (Å²) in [4.78, 5) is 12.4. The highest BCUT2D eigenvalue weighted by molar-refractivity contribution is 5.79. The van der Waals surface area contributed by atoms with E-state index in [9.17, 15) is 4.79 Å². The second kappa shape index (κ2) is 6.74. The summed E-state index contributed by atoms with van der Waals surface area (Å²) in [6.45, 7) is 4.44. The van der Waals surface area contributed by atoms with Crippen LogP contribution in [-0.4, -0.2) is 18.0 Å². The summed E-state index contributed by atoms with van der Waals surface area (Å²) in [7, 11) is 0. The van der Waals surface area contributed by atoms with Gasteiger partial charge in [-0.2, -0.15) is 0 Å². The minimum atomic E-state index is 0.205. The van der Waals surface area contributed by atoms with E-state index >= 15 is 0 Å². The molecule has 0 heterocycles. The van der Waals surface area contributed by atoms with Crippen LogP contribution in [0.2, 0.25) is 0 Å². The molecule has 0 aliphatic heterocycles. The monoisotopic (exact) mass is 266 g/mol. The molecule has 5 atom stereocenters. The minimum absolute atomic E-state index is 0.205. The maximum atomic E-state index is 12.4. The number of hydrogen-bond acceptors (Lipinski definition) is 2. The fourth-order valence-corrected chi connectivity index (χ4v) is 3.77. The highest BCUT2D eigenvalue weighted by Crippen LogP contribution is 2.30. The lowest BCUT2D eigenvalue weighted by Crippen LogP contribution is -2.45. The van der Waals surface area contributed by atoms with E-state index in [1.807, 2.05) is 0 Å². The van der Waals surface area contributed by atoms with Gasteiger partial charge in [0.2, 0.25) is 5.91 Å². The van der Waals surface area contributed by atoms with Gasteiger partial charge < -0.3 is 11.1 Å². The number of amides is 1. The van der Waals surface area contributed by atoms with Gasteiger partial charge in [0.15, 0.2) is 0 Å². The Balaban J connectivity index is 1.80. The molecule has 2 fully saturated rings. The quantitative estimate of drug-likeness (QED) is 0.825. The van der Waals surface area contributed by atoms with Crippen molar-refractivity contribution in [3.8, 4) is 0 Å². The summed E-state index contributed by atoms with van der Waals surface area (Å²) in [6, 6.07) is 0.723. The molecule has 2 rings (SSSR count). The third kappa shape index (κ3) is 3.95. The molecule has 5 unspecified atom stereocenters. The van der Waals surface area contributed by atoms with E-state index in [4.69, 9.17) is 5.73 Å². The van der Waals surface area contributed by atoms with E-state index in [0.717, 1.165) is 25.2 Å². The van der Waals surface area contributed by atoms with Crippen LogP contribution in [0, 0.1) is 17.8 Å². The topological polar surface area (TPSA) is 55.1 Å². The Morgan fingerprint density at radius 2 is 2.00 bits per heavy atom. The van der Waals surface area contributed by atoms with Crippen molar-refractivity contribution in [1.29, 1.82) is 0 Å². The first kappa shape index (κ1) is 14.8. The summed E-state index contributed by atoms with van der Waals surface area (Å²) in [5.74, 6) is 1.80. The van der Waals surface area contributed by atoms with Crippen LogP contribution in [0.1, 0.15) is 65.2 Å². The second-order valence-electron chi connectivity index (χ2n) is 6.80. The maximum absolute atomic E-state index is 12.4. The van der Waals surface area contributed by atoms with Crippen molar-refractivity contribution in [3.05, 3.63) is 0 Å². The Labute approximate surface area is 117 Å². The highest BCUT2D eigenvalue weighted by Gasteiger charge is 2.31. The van der Waals surface area contributed by atoms with Crippen molar-refractivity contribution in [1.82, 2.24) is 5.32 Å². The van der Waals surface area contributed by atoms with Crippen LogP contribution in [0.15, 0.2) is 0 Å². The van der Waals surface area contributed by atoms with Crippen LogP contribution in [0.4, 0.5) is 0 Å². The Bertz CT molecular complexity index is 305. The van der Waals surface area contributed by atoms with Gasteiger partial charge in [-0.05, 0) is 43.9 Å². The van der Waals surface area contributed by atoms with Crippen LogP contribution in [0.3, 0.4) is 0 Å². The van der Waals surface area contributed by atoms with Crippen molar-refractivity contribution < 1.29 is 4.79 Å².